The third-order valence-corrected chi connectivity index (χ3v) is 4.26. The summed E-state index contributed by atoms with van der Waals surface area (Å²) in [4.78, 5) is 15.4. The van der Waals surface area contributed by atoms with Crippen LogP contribution in [0.4, 0.5) is 4.79 Å². The third kappa shape index (κ3) is 5.28. The zero-order chi connectivity index (χ0) is 19.1. The smallest absolute Gasteiger partial charge is 0.407 e. The SMILES string of the molecule is COC(=O)NCC#Cc1cnc(-c2cn(CC3CCCCO3)nn2)c(C)c1. The predicted octanol–water partition coefficient (Wildman–Crippen LogP) is 1.93. The summed E-state index contributed by atoms with van der Waals surface area (Å²) in [5.41, 5.74) is 3.24. The number of aryl methyl sites for hydroxylation is 1. The summed E-state index contributed by atoms with van der Waals surface area (Å²) in [6.07, 6.45) is 6.69. The number of hydrogen-bond acceptors (Lipinski definition) is 6. The summed E-state index contributed by atoms with van der Waals surface area (Å²) in [5.74, 6) is 5.82. The van der Waals surface area contributed by atoms with Gasteiger partial charge in [0.2, 0.25) is 0 Å². The van der Waals surface area contributed by atoms with E-state index in [9.17, 15) is 4.79 Å². The zero-order valence-corrected chi connectivity index (χ0v) is 15.6. The molecule has 0 aliphatic carbocycles. The fourth-order valence-corrected chi connectivity index (χ4v) is 2.90. The van der Waals surface area contributed by atoms with Gasteiger partial charge in [0, 0.05) is 18.4 Å². The van der Waals surface area contributed by atoms with E-state index in [1.54, 1.807) is 6.20 Å². The molecular formula is C19H23N5O3. The minimum Gasteiger partial charge on any atom is -0.453 e. The molecule has 1 saturated heterocycles. The van der Waals surface area contributed by atoms with E-state index in [2.05, 4.69) is 37.2 Å². The van der Waals surface area contributed by atoms with E-state index in [1.165, 1.54) is 13.5 Å². The summed E-state index contributed by atoms with van der Waals surface area (Å²) in [6, 6.07) is 1.94. The Morgan fingerprint density at radius 2 is 2.37 bits per heavy atom. The molecule has 0 bridgehead atoms. The van der Waals surface area contributed by atoms with Crippen LogP contribution in [0.25, 0.3) is 11.4 Å². The van der Waals surface area contributed by atoms with Gasteiger partial charge in [0.1, 0.15) is 5.69 Å². The Kier molecular flexibility index (Phi) is 6.39. The van der Waals surface area contributed by atoms with E-state index in [4.69, 9.17) is 4.74 Å². The number of carbonyl (C=O) groups excluding carboxylic acids is 1. The first-order valence-electron chi connectivity index (χ1n) is 8.95. The molecule has 0 saturated carbocycles. The van der Waals surface area contributed by atoms with Crippen molar-refractivity contribution in [1.82, 2.24) is 25.3 Å². The predicted molar refractivity (Wildman–Crippen MR) is 98.9 cm³/mol. The van der Waals surface area contributed by atoms with E-state index in [-0.39, 0.29) is 12.6 Å². The molecule has 8 heteroatoms. The molecule has 2 aromatic heterocycles. The lowest BCUT2D eigenvalue weighted by atomic mass is 10.1. The molecule has 3 heterocycles. The number of nitrogens with one attached hydrogen (secondary N) is 1. The number of amides is 1. The molecule has 0 aromatic carbocycles. The molecule has 1 aliphatic rings. The number of hydrogen-bond donors (Lipinski definition) is 1. The Hall–Kier alpha value is -2.92. The highest BCUT2D eigenvalue weighted by molar-refractivity contribution is 5.67. The van der Waals surface area contributed by atoms with Gasteiger partial charge >= 0.3 is 6.09 Å². The number of rotatable bonds is 4. The Labute approximate surface area is 158 Å². The van der Waals surface area contributed by atoms with Gasteiger partial charge in [-0.3, -0.25) is 4.98 Å². The molecule has 27 heavy (non-hydrogen) atoms. The van der Waals surface area contributed by atoms with Crippen molar-refractivity contribution < 1.29 is 14.3 Å². The Morgan fingerprint density at radius 3 is 3.11 bits per heavy atom. The number of methoxy groups -OCH3 is 1. The molecule has 2 aromatic rings. The highest BCUT2D eigenvalue weighted by Gasteiger charge is 2.16. The fraction of sp³-hybridized carbons (Fsp3) is 0.474. The molecular weight excluding hydrogens is 346 g/mol. The Bertz CT molecular complexity index is 847. The number of nitrogens with zero attached hydrogens (tertiary/aromatic N) is 4. The fourth-order valence-electron chi connectivity index (χ4n) is 2.90. The monoisotopic (exact) mass is 369 g/mol. The first-order chi connectivity index (χ1) is 13.2. The lowest BCUT2D eigenvalue weighted by molar-refractivity contribution is 0.00370. The van der Waals surface area contributed by atoms with Gasteiger partial charge in [-0.15, -0.1) is 5.10 Å². The van der Waals surface area contributed by atoms with Gasteiger partial charge in [0.05, 0.1) is 38.2 Å². The van der Waals surface area contributed by atoms with Crippen LogP contribution in [0.3, 0.4) is 0 Å². The van der Waals surface area contributed by atoms with Crippen LogP contribution in [0.15, 0.2) is 18.5 Å². The number of alkyl carbamates (subject to hydrolysis) is 1. The maximum Gasteiger partial charge on any atom is 0.407 e. The van der Waals surface area contributed by atoms with Gasteiger partial charge in [-0.2, -0.15) is 0 Å². The maximum atomic E-state index is 11.0. The van der Waals surface area contributed by atoms with Gasteiger partial charge < -0.3 is 14.8 Å². The second-order valence-electron chi connectivity index (χ2n) is 6.35. The number of carbonyl (C=O) groups is 1. The van der Waals surface area contributed by atoms with Crippen LogP contribution < -0.4 is 5.32 Å². The van der Waals surface area contributed by atoms with Gasteiger partial charge in [-0.1, -0.05) is 17.1 Å². The van der Waals surface area contributed by atoms with Crippen molar-refractivity contribution in [3.63, 3.8) is 0 Å². The van der Waals surface area contributed by atoms with Crippen LogP contribution in [-0.4, -0.2) is 52.4 Å². The minimum absolute atomic E-state index is 0.207. The van der Waals surface area contributed by atoms with Crippen molar-refractivity contribution in [2.75, 3.05) is 20.3 Å². The van der Waals surface area contributed by atoms with Crippen molar-refractivity contribution in [2.24, 2.45) is 0 Å². The summed E-state index contributed by atoms with van der Waals surface area (Å²) >= 11 is 0. The van der Waals surface area contributed by atoms with E-state index in [1.807, 2.05) is 23.9 Å². The molecule has 1 aliphatic heterocycles. The normalized spacial score (nSPS) is 16.3. The minimum atomic E-state index is -0.504. The number of aromatic nitrogens is 4. The number of pyridine rings is 1. The molecule has 0 spiro atoms. The first kappa shape index (κ1) is 18.9. The summed E-state index contributed by atoms with van der Waals surface area (Å²) in [5, 5.41) is 11.0. The van der Waals surface area contributed by atoms with Gasteiger partial charge in [-0.05, 0) is 37.8 Å². The molecule has 1 N–H and O–H groups in total. The summed E-state index contributed by atoms with van der Waals surface area (Å²) in [7, 11) is 1.31. The third-order valence-electron chi connectivity index (χ3n) is 4.26. The van der Waals surface area contributed by atoms with Gasteiger partial charge in [0.15, 0.2) is 0 Å². The maximum absolute atomic E-state index is 11.0. The van der Waals surface area contributed by atoms with E-state index in [0.29, 0.717) is 6.54 Å². The first-order valence-corrected chi connectivity index (χ1v) is 8.95. The van der Waals surface area contributed by atoms with Crippen LogP contribution in [-0.2, 0) is 16.0 Å². The number of ether oxygens (including phenoxy) is 2. The van der Waals surface area contributed by atoms with Crippen LogP contribution in [0.5, 0.6) is 0 Å². The molecule has 1 amide bonds. The van der Waals surface area contributed by atoms with Crippen molar-refractivity contribution >= 4 is 6.09 Å². The molecule has 1 atom stereocenters. The molecule has 3 rings (SSSR count). The molecule has 142 valence electrons. The average molecular weight is 369 g/mol. The van der Waals surface area contributed by atoms with Crippen molar-refractivity contribution in [2.45, 2.75) is 38.8 Å². The van der Waals surface area contributed by atoms with Crippen molar-refractivity contribution in [3.8, 4) is 23.2 Å². The van der Waals surface area contributed by atoms with Crippen LogP contribution in [0, 0.1) is 18.8 Å². The van der Waals surface area contributed by atoms with E-state index in [0.717, 1.165) is 42.0 Å². The Balaban J connectivity index is 1.63. The zero-order valence-electron chi connectivity index (χ0n) is 15.6. The van der Waals surface area contributed by atoms with Gasteiger partial charge in [-0.25, -0.2) is 9.48 Å². The van der Waals surface area contributed by atoms with Crippen LogP contribution in [0.2, 0.25) is 0 Å². The Morgan fingerprint density at radius 1 is 1.48 bits per heavy atom. The van der Waals surface area contributed by atoms with Crippen molar-refractivity contribution in [3.05, 3.63) is 29.6 Å². The topological polar surface area (TPSA) is 91.2 Å². The van der Waals surface area contributed by atoms with Crippen LogP contribution >= 0.6 is 0 Å². The second-order valence-corrected chi connectivity index (χ2v) is 6.35. The quantitative estimate of drug-likeness (QED) is 0.828. The summed E-state index contributed by atoms with van der Waals surface area (Å²) in [6.45, 7) is 3.71. The second kappa shape index (κ2) is 9.14. The van der Waals surface area contributed by atoms with Gasteiger partial charge in [0.25, 0.3) is 0 Å². The summed E-state index contributed by atoms with van der Waals surface area (Å²) < 4.78 is 12.1. The lowest BCUT2D eigenvalue weighted by Crippen LogP contribution is -2.24. The standard InChI is InChI=1S/C19H23N5O3/c1-14-10-15(6-5-8-20-19(25)26-2)11-21-18(14)17-13-24(23-22-17)12-16-7-3-4-9-27-16/h10-11,13,16H,3-4,7-9,12H2,1-2H3,(H,20,25). The largest absolute Gasteiger partial charge is 0.453 e. The van der Waals surface area contributed by atoms with Crippen LogP contribution in [0.1, 0.15) is 30.4 Å². The van der Waals surface area contributed by atoms with Crippen molar-refractivity contribution in [1.29, 1.82) is 0 Å². The molecule has 1 unspecified atom stereocenters. The molecule has 8 nitrogen and oxygen atoms in total. The highest BCUT2D eigenvalue weighted by atomic mass is 16.5. The lowest BCUT2D eigenvalue weighted by Gasteiger charge is -2.21. The molecule has 0 radical (unpaired) electrons. The average Bonchev–Trinajstić information content (AvgIpc) is 3.14. The van der Waals surface area contributed by atoms with E-state index < -0.39 is 6.09 Å². The molecule has 1 fully saturated rings. The highest BCUT2D eigenvalue weighted by Crippen LogP contribution is 2.20. The van der Waals surface area contributed by atoms with E-state index >= 15 is 0 Å².